The van der Waals surface area contributed by atoms with Crippen LogP contribution in [-0.2, 0) is 6.54 Å². The second-order valence-corrected chi connectivity index (χ2v) is 10.1. The maximum Gasteiger partial charge on any atom is 0.171 e. The number of rotatable bonds is 6. The maximum absolute atomic E-state index is 15.0. The van der Waals surface area contributed by atoms with E-state index in [1.54, 1.807) is 37.6 Å². The lowest BCUT2D eigenvalue weighted by Gasteiger charge is -2.58. The number of piperidine rings is 3. The van der Waals surface area contributed by atoms with Crippen molar-refractivity contribution in [2.45, 2.75) is 38.5 Å². The number of ether oxygens (including phenoxy) is 1. The molecule has 3 aromatic rings. The molecule has 36 heavy (non-hydrogen) atoms. The van der Waals surface area contributed by atoms with E-state index in [-0.39, 0.29) is 22.9 Å². The predicted octanol–water partition coefficient (Wildman–Crippen LogP) is 5.75. The molecule has 4 heterocycles. The maximum atomic E-state index is 15.0. The molecule has 5 atom stereocenters. The smallest absolute Gasteiger partial charge is 0.171 e. The Hall–Kier alpha value is -2.97. The lowest BCUT2D eigenvalue weighted by atomic mass is 9.71. The first kappa shape index (κ1) is 24.7. The van der Waals surface area contributed by atoms with E-state index in [0.717, 1.165) is 18.7 Å². The van der Waals surface area contributed by atoms with Gasteiger partial charge < -0.3 is 14.3 Å². The number of aliphatic hydroxyl groups is 1. The SMILES string of the molecule is C=CC1C[N+]2(Cc3c(F)c(F)c(C)c(F)c3F)CCC1C[C@H]2[C@H](O)c1ccnc2ccc(OC)cc12. The minimum atomic E-state index is -1.38. The van der Waals surface area contributed by atoms with Gasteiger partial charge in [0.05, 0.1) is 31.3 Å². The van der Waals surface area contributed by atoms with E-state index in [1.807, 2.05) is 6.08 Å². The fourth-order valence-electron chi connectivity index (χ4n) is 6.36. The molecule has 0 aliphatic carbocycles. The van der Waals surface area contributed by atoms with Crippen LogP contribution in [0.25, 0.3) is 10.9 Å². The van der Waals surface area contributed by atoms with Gasteiger partial charge in [0.1, 0.15) is 24.4 Å². The fraction of sp³-hybridized carbons (Fsp3) is 0.393. The van der Waals surface area contributed by atoms with Crippen molar-refractivity contribution in [3.05, 3.63) is 83.1 Å². The number of pyridine rings is 1. The van der Waals surface area contributed by atoms with Crippen LogP contribution >= 0.6 is 0 Å². The van der Waals surface area contributed by atoms with Gasteiger partial charge in [0.2, 0.25) is 0 Å². The fourth-order valence-corrected chi connectivity index (χ4v) is 6.36. The molecular weight excluding hydrogens is 472 g/mol. The van der Waals surface area contributed by atoms with Crippen LogP contribution in [0.5, 0.6) is 5.75 Å². The molecule has 0 saturated carbocycles. The second kappa shape index (κ2) is 9.16. The van der Waals surface area contributed by atoms with Crippen molar-refractivity contribution in [2.24, 2.45) is 11.8 Å². The lowest BCUT2D eigenvalue weighted by molar-refractivity contribution is -0.985. The highest BCUT2D eigenvalue weighted by molar-refractivity contribution is 5.83. The van der Waals surface area contributed by atoms with Crippen molar-refractivity contribution in [2.75, 3.05) is 20.2 Å². The van der Waals surface area contributed by atoms with Crippen molar-refractivity contribution in [3.63, 3.8) is 0 Å². The zero-order valence-electron chi connectivity index (χ0n) is 20.3. The van der Waals surface area contributed by atoms with Crippen LogP contribution in [-0.4, -0.2) is 40.8 Å². The van der Waals surface area contributed by atoms with Gasteiger partial charge in [-0.3, -0.25) is 4.98 Å². The summed E-state index contributed by atoms with van der Waals surface area (Å²) in [6, 6.07) is 6.69. The Kier molecular flexibility index (Phi) is 6.29. The third kappa shape index (κ3) is 3.78. The van der Waals surface area contributed by atoms with Crippen LogP contribution < -0.4 is 4.74 Å². The van der Waals surface area contributed by atoms with Gasteiger partial charge in [0.25, 0.3) is 0 Å². The number of hydrogen-bond acceptors (Lipinski definition) is 3. The van der Waals surface area contributed by atoms with Gasteiger partial charge in [0, 0.05) is 35.9 Å². The molecule has 8 heteroatoms. The number of aromatic nitrogens is 1. The molecule has 1 aromatic heterocycles. The number of aliphatic hydroxyl groups excluding tert-OH is 1. The summed E-state index contributed by atoms with van der Waals surface area (Å²) in [5, 5.41) is 12.5. The van der Waals surface area contributed by atoms with E-state index < -0.39 is 46.5 Å². The van der Waals surface area contributed by atoms with E-state index >= 15 is 8.78 Å². The minimum Gasteiger partial charge on any atom is -0.497 e. The number of methoxy groups -OCH3 is 1. The highest BCUT2D eigenvalue weighted by Gasteiger charge is 2.54. The molecule has 2 aromatic carbocycles. The van der Waals surface area contributed by atoms with Crippen LogP contribution in [0.3, 0.4) is 0 Å². The number of nitrogens with zero attached hydrogens (tertiary/aromatic N) is 2. The van der Waals surface area contributed by atoms with Crippen LogP contribution in [0.1, 0.15) is 35.6 Å². The van der Waals surface area contributed by atoms with Crippen molar-refractivity contribution in [1.29, 1.82) is 0 Å². The van der Waals surface area contributed by atoms with Gasteiger partial charge in [-0.1, -0.05) is 6.08 Å². The molecule has 1 N–H and O–H groups in total. The van der Waals surface area contributed by atoms with E-state index in [1.165, 1.54) is 0 Å². The van der Waals surface area contributed by atoms with Crippen molar-refractivity contribution in [1.82, 2.24) is 4.98 Å². The average molecular weight is 502 g/mol. The Balaban J connectivity index is 1.62. The van der Waals surface area contributed by atoms with Crippen LogP contribution in [0.4, 0.5) is 17.6 Å². The summed E-state index contributed by atoms with van der Waals surface area (Å²) in [4.78, 5) is 4.39. The molecular formula is C28H29F4N2O2+. The highest BCUT2D eigenvalue weighted by Crippen LogP contribution is 2.48. The largest absolute Gasteiger partial charge is 0.497 e. The first-order valence-electron chi connectivity index (χ1n) is 12.1. The average Bonchev–Trinajstić information content (AvgIpc) is 2.92. The topological polar surface area (TPSA) is 42.4 Å². The number of hydrogen-bond donors (Lipinski definition) is 1. The van der Waals surface area contributed by atoms with Gasteiger partial charge >= 0.3 is 0 Å². The van der Waals surface area contributed by atoms with E-state index in [4.69, 9.17) is 4.74 Å². The van der Waals surface area contributed by atoms with Gasteiger partial charge in [-0.25, -0.2) is 17.6 Å². The third-order valence-electron chi connectivity index (χ3n) is 8.39. The molecule has 6 rings (SSSR count). The van der Waals surface area contributed by atoms with E-state index in [9.17, 15) is 13.9 Å². The van der Waals surface area contributed by atoms with Crippen LogP contribution in [0.2, 0.25) is 0 Å². The number of quaternary nitrogens is 1. The quantitative estimate of drug-likeness (QED) is 0.202. The molecule has 190 valence electrons. The van der Waals surface area contributed by atoms with Gasteiger partial charge in [0.15, 0.2) is 23.3 Å². The molecule has 3 fully saturated rings. The minimum absolute atomic E-state index is 0.0720. The highest BCUT2D eigenvalue weighted by atomic mass is 19.2. The molecule has 3 unspecified atom stereocenters. The van der Waals surface area contributed by atoms with Crippen molar-refractivity contribution >= 4 is 10.9 Å². The first-order valence-corrected chi connectivity index (χ1v) is 12.1. The summed E-state index contributed by atoms with van der Waals surface area (Å²) in [6.45, 7) is 5.69. The molecule has 3 saturated heterocycles. The Labute approximate surface area is 207 Å². The Morgan fingerprint density at radius 2 is 1.89 bits per heavy atom. The number of benzene rings is 2. The zero-order valence-corrected chi connectivity index (χ0v) is 20.3. The van der Waals surface area contributed by atoms with Crippen LogP contribution in [0.15, 0.2) is 43.1 Å². The van der Waals surface area contributed by atoms with Crippen molar-refractivity contribution in [3.8, 4) is 5.75 Å². The first-order chi connectivity index (χ1) is 17.2. The Bertz CT molecular complexity index is 1320. The molecule has 3 aliphatic rings. The normalized spacial score (nSPS) is 26.2. The summed E-state index contributed by atoms with van der Waals surface area (Å²) < 4.78 is 64.4. The van der Waals surface area contributed by atoms with E-state index in [2.05, 4.69) is 11.6 Å². The predicted molar refractivity (Wildman–Crippen MR) is 128 cm³/mol. The monoisotopic (exact) mass is 501 g/mol. The van der Waals surface area contributed by atoms with Gasteiger partial charge in [-0.15, -0.1) is 6.58 Å². The zero-order chi connectivity index (χ0) is 25.8. The summed E-state index contributed by atoms with van der Waals surface area (Å²) in [6.07, 6.45) is 3.82. The van der Waals surface area contributed by atoms with E-state index in [0.29, 0.717) is 36.3 Å². The van der Waals surface area contributed by atoms with Crippen LogP contribution in [0, 0.1) is 42.0 Å². The number of fused-ring (bicyclic) bond motifs is 4. The molecule has 0 radical (unpaired) electrons. The lowest BCUT2D eigenvalue weighted by Crippen LogP contribution is -2.67. The molecule has 0 amide bonds. The molecule has 2 bridgehead atoms. The standard InChI is InChI=1S/C28H29F4N2O2/c1-4-16-13-34(14-21-26(31)24(29)15(2)25(30)27(21)32)10-8-17(16)11-23(34)28(35)19-7-9-33-22-6-5-18(36-3)12-20(19)22/h4-7,9,12,16-17,23,28,35H,1,8,10-11,13-14H2,2-3H3/q+1/t16?,17?,23-,28+,34?/m0/s1. The Morgan fingerprint density at radius 3 is 2.56 bits per heavy atom. The summed E-state index contributed by atoms with van der Waals surface area (Å²) in [5.74, 6) is -4.55. The Morgan fingerprint density at radius 1 is 1.17 bits per heavy atom. The summed E-state index contributed by atoms with van der Waals surface area (Å²) in [5.41, 5.74) is 0.0194. The summed E-state index contributed by atoms with van der Waals surface area (Å²) in [7, 11) is 1.55. The molecule has 4 nitrogen and oxygen atoms in total. The van der Waals surface area contributed by atoms with Crippen molar-refractivity contribution < 1.29 is 31.9 Å². The summed E-state index contributed by atoms with van der Waals surface area (Å²) >= 11 is 0. The number of halogens is 4. The third-order valence-corrected chi connectivity index (χ3v) is 8.39. The second-order valence-electron chi connectivity index (χ2n) is 10.1. The molecule has 0 spiro atoms. The van der Waals surface area contributed by atoms with Gasteiger partial charge in [-0.05, 0) is 42.7 Å². The molecule has 3 aliphatic heterocycles. The van der Waals surface area contributed by atoms with Gasteiger partial charge in [-0.2, -0.15) is 0 Å².